The van der Waals surface area contributed by atoms with Crippen LogP contribution in [0.1, 0.15) is 50.1 Å². The first-order valence-corrected chi connectivity index (χ1v) is 12.4. The van der Waals surface area contributed by atoms with Crippen molar-refractivity contribution in [2.45, 2.75) is 52.1 Å². The molecule has 3 aromatic rings. The van der Waals surface area contributed by atoms with Gasteiger partial charge < -0.3 is 10.1 Å². The molecular weight excluding hydrogens is 436 g/mol. The van der Waals surface area contributed by atoms with E-state index in [1.165, 1.54) is 10.4 Å². The molecular formula is C24H30N6O2S. The van der Waals surface area contributed by atoms with E-state index in [2.05, 4.69) is 52.3 Å². The number of likely N-dealkylation sites (tertiary alicyclic amines) is 1. The van der Waals surface area contributed by atoms with Crippen molar-refractivity contribution in [1.29, 1.82) is 0 Å². The van der Waals surface area contributed by atoms with Crippen LogP contribution in [-0.4, -0.2) is 62.8 Å². The molecule has 4 heterocycles. The van der Waals surface area contributed by atoms with E-state index in [4.69, 9.17) is 9.72 Å². The van der Waals surface area contributed by atoms with Crippen LogP contribution in [0.4, 0.5) is 0 Å². The van der Waals surface area contributed by atoms with Gasteiger partial charge in [-0.05, 0) is 45.4 Å². The molecule has 2 aliphatic rings. The lowest BCUT2D eigenvalue weighted by molar-refractivity contribution is -0.123. The number of carbonyl (C=O) groups is 1. The van der Waals surface area contributed by atoms with E-state index in [0.29, 0.717) is 19.1 Å². The fourth-order valence-corrected chi connectivity index (χ4v) is 5.50. The first-order valence-electron chi connectivity index (χ1n) is 11.6. The smallest absolute Gasteiger partial charge is 0.234 e. The van der Waals surface area contributed by atoms with E-state index in [1.807, 2.05) is 18.5 Å². The van der Waals surface area contributed by atoms with Gasteiger partial charge in [-0.25, -0.2) is 14.6 Å². The number of aromatic nitrogens is 4. The zero-order chi connectivity index (χ0) is 23.1. The standard InChI is InChI=1S/C24H30N6O2S/c1-14(2)27-21(31)12-29-10-17(11-29)16-5-6-18-19(9-16)32-8-7-20-22(18)28-24(33-20)23-25-13-26-30(23)15(3)4/h5-6,9,13-15,17H,7-8,10-12H2,1-4H3,(H,27,31). The van der Waals surface area contributed by atoms with E-state index in [0.717, 1.165) is 47.3 Å². The van der Waals surface area contributed by atoms with E-state index in [9.17, 15) is 4.79 Å². The third-order valence-electron chi connectivity index (χ3n) is 6.04. The van der Waals surface area contributed by atoms with Crippen LogP contribution in [0.25, 0.3) is 22.1 Å². The van der Waals surface area contributed by atoms with Gasteiger partial charge in [0.15, 0.2) is 10.8 Å². The minimum Gasteiger partial charge on any atom is -0.492 e. The number of nitrogens with zero attached hydrogens (tertiary/aromatic N) is 5. The number of thiazole rings is 1. The van der Waals surface area contributed by atoms with Crippen molar-refractivity contribution in [2.24, 2.45) is 0 Å². The molecule has 1 saturated heterocycles. The minimum absolute atomic E-state index is 0.0916. The van der Waals surface area contributed by atoms with Gasteiger partial charge in [0.1, 0.15) is 12.1 Å². The van der Waals surface area contributed by atoms with Gasteiger partial charge in [0.2, 0.25) is 5.91 Å². The molecule has 0 spiro atoms. The maximum Gasteiger partial charge on any atom is 0.234 e. The number of rotatable bonds is 6. The highest BCUT2D eigenvalue weighted by molar-refractivity contribution is 7.15. The molecule has 1 amide bonds. The van der Waals surface area contributed by atoms with Crippen LogP contribution in [0, 0.1) is 0 Å². The van der Waals surface area contributed by atoms with Gasteiger partial charge in [0.05, 0.1) is 18.8 Å². The number of ether oxygens (including phenoxy) is 1. The van der Waals surface area contributed by atoms with Crippen LogP contribution in [0.5, 0.6) is 5.75 Å². The van der Waals surface area contributed by atoms with Crippen LogP contribution < -0.4 is 10.1 Å². The van der Waals surface area contributed by atoms with Crippen molar-refractivity contribution < 1.29 is 9.53 Å². The van der Waals surface area contributed by atoms with Gasteiger partial charge in [-0.1, -0.05) is 6.07 Å². The van der Waals surface area contributed by atoms with E-state index < -0.39 is 0 Å². The van der Waals surface area contributed by atoms with E-state index in [1.54, 1.807) is 17.7 Å². The molecule has 1 fully saturated rings. The Bertz CT molecular complexity index is 1160. The summed E-state index contributed by atoms with van der Waals surface area (Å²) in [5.41, 5.74) is 3.29. The Kier molecular flexibility index (Phi) is 5.92. The molecule has 2 aliphatic heterocycles. The molecule has 5 rings (SSSR count). The van der Waals surface area contributed by atoms with Crippen LogP contribution in [0.15, 0.2) is 24.5 Å². The lowest BCUT2D eigenvalue weighted by Gasteiger charge is -2.39. The summed E-state index contributed by atoms with van der Waals surface area (Å²) in [7, 11) is 0. The van der Waals surface area contributed by atoms with Crippen molar-refractivity contribution >= 4 is 17.2 Å². The molecule has 2 aromatic heterocycles. The highest BCUT2D eigenvalue weighted by atomic mass is 32.1. The van der Waals surface area contributed by atoms with Crippen LogP contribution in [0.2, 0.25) is 0 Å². The highest BCUT2D eigenvalue weighted by Crippen LogP contribution is 2.42. The predicted octanol–water partition coefficient (Wildman–Crippen LogP) is 3.51. The van der Waals surface area contributed by atoms with Crippen molar-refractivity contribution in [1.82, 2.24) is 30.0 Å². The Morgan fingerprint density at radius 1 is 1.27 bits per heavy atom. The Labute approximate surface area is 198 Å². The Hall–Kier alpha value is -2.78. The van der Waals surface area contributed by atoms with Gasteiger partial charge in [-0.3, -0.25) is 9.69 Å². The summed E-state index contributed by atoms with van der Waals surface area (Å²) in [6.07, 6.45) is 2.43. The summed E-state index contributed by atoms with van der Waals surface area (Å²) in [6.45, 7) is 11.0. The third kappa shape index (κ3) is 4.39. The molecule has 0 saturated carbocycles. The number of carbonyl (C=O) groups excluding carboxylic acids is 1. The molecule has 9 heteroatoms. The van der Waals surface area contributed by atoms with Crippen molar-refractivity contribution in [3.8, 4) is 27.8 Å². The van der Waals surface area contributed by atoms with Crippen LogP contribution >= 0.6 is 11.3 Å². The van der Waals surface area contributed by atoms with Gasteiger partial charge in [-0.2, -0.15) is 5.10 Å². The van der Waals surface area contributed by atoms with Gasteiger partial charge in [0, 0.05) is 48.0 Å². The zero-order valence-electron chi connectivity index (χ0n) is 19.5. The monoisotopic (exact) mass is 466 g/mol. The molecule has 0 aliphatic carbocycles. The summed E-state index contributed by atoms with van der Waals surface area (Å²) in [5, 5.41) is 8.22. The predicted molar refractivity (Wildman–Crippen MR) is 129 cm³/mol. The largest absolute Gasteiger partial charge is 0.492 e. The van der Waals surface area contributed by atoms with Gasteiger partial charge in [-0.15, -0.1) is 11.3 Å². The quantitative estimate of drug-likeness (QED) is 0.598. The number of benzene rings is 1. The first-order chi connectivity index (χ1) is 15.9. The Balaban J connectivity index is 1.34. The fraction of sp³-hybridized carbons (Fsp3) is 0.500. The molecule has 1 N–H and O–H groups in total. The topological polar surface area (TPSA) is 85.2 Å². The summed E-state index contributed by atoms with van der Waals surface area (Å²) < 4.78 is 8.05. The molecule has 8 nitrogen and oxygen atoms in total. The third-order valence-corrected chi connectivity index (χ3v) is 7.15. The average molecular weight is 467 g/mol. The number of fused-ring (bicyclic) bond motifs is 3. The molecule has 33 heavy (non-hydrogen) atoms. The average Bonchev–Trinajstić information content (AvgIpc) is 3.34. The fourth-order valence-electron chi connectivity index (χ4n) is 4.45. The molecule has 174 valence electrons. The van der Waals surface area contributed by atoms with Crippen LogP contribution in [-0.2, 0) is 11.2 Å². The highest BCUT2D eigenvalue weighted by Gasteiger charge is 2.31. The summed E-state index contributed by atoms with van der Waals surface area (Å²) in [6, 6.07) is 6.89. The second-order valence-corrected chi connectivity index (χ2v) is 10.5. The Morgan fingerprint density at radius 3 is 2.85 bits per heavy atom. The zero-order valence-corrected chi connectivity index (χ0v) is 20.4. The summed E-state index contributed by atoms with van der Waals surface area (Å²) >= 11 is 1.68. The maximum atomic E-state index is 12.0. The number of hydrogen-bond acceptors (Lipinski definition) is 7. The molecule has 1 aromatic carbocycles. The SMILES string of the molecule is CC(C)NC(=O)CN1CC(c2ccc3c(c2)OCCc2sc(-c4ncnn4C(C)C)nc2-3)C1. The number of hydrogen-bond donors (Lipinski definition) is 1. The normalized spacial score (nSPS) is 16.2. The first kappa shape index (κ1) is 22.0. The number of nitrogens with one attached hydrogen (secondary N) is 1. The Morgan fingerprint density at radius 2 is 2.09 bits per heavy atom. The molecule has 0 bridgehead atoms. The van der Waals surface area contributed by atoms with Gasteiger partial charge >= 0.3 is 0 Å². The summed E-state index contributed by atoms with van der Waals surface area (Å²) in [5.74, 6) is 2.22. The van der Waals surface area contributed by atoms with Crippen molar-refractivity contribution in [2.75, 3.05) is 26.2 Å². The van der Waals surface area contributed by atoms with Crippen molar-refractivity contribution in [3.05, 3.63) is 35.0 Å². The van der Waals surface area contributed by atoms with E-state index >= 15 is 0 Å². The molecule has 0 radical (unpaired) electrons. The lowest BCUT2D eigenvalue weighted by atomic mass is 9.90. The minimum atomic E-state index is 0.0916. The number of amides is 1. The van der Waals surface area contributed by atoms with E-state index in [-0.39, 0.29) is 18.0 Å². The van der Waals surface area contributed by atoms with Crippen LogP contribution in [0.3, 0.4) is 0 Å². The maximum absolute atomic E-state index is 12.0. The lowest BCUT2D eigenvalue weighted by Crippen LogP contribution is -2.50. The second-order valence-electron chi connectivity index (χ2n) is 9.38. The molecule has 0 unspecified atom stereocenters. The van der Waals surface area contributed by atoms with Gasteiger partial charge in [0.25, 0.3) is 0 Å². The van der Waals surface area contributed by atoms with Crippen molar-refractivity contribution in [3.63, 3.8) is 0 Å². The molecule has 0 atom stereocenters. The summed E-state index contributed by atoms with van der Waals surface area (Å²) in [4.78, 5) is 24.9. The second kappa shape index (κ2) is 8.87.